The van der Waals surface area contributed by atoms with Crippen LogP contribution < -0.4 is 10.1 Å². The van der Waals surface area contributed by atoms with E-state index in [2.05, 4.69) is 24.1 Å². The highest BCUT2D eigenvalue weighted by Crippen LogP contribution is 2.27. The first-order valence-electron chi connectivity index (χ1n) is 6.73. The topological polar surface area (TPSA) is 34.1 Å². The fourth-order valence-corrected chi connectivity index (χ4v) is 2.09. The van der Waals surface area contributed by atoms with E-state index in [1.165, 1.54) is 0 Å². The Morgan fingerprint density at radius 3 is 2.75 bits per heavy atom. The zero-order valence-electron chi connectivity index (χ0n) is 12.0. The Labute approximate surface area is 124 Å². The maximum atomic E-state index is 5.98. The molecular formula is C16H19ClN2O. The summed E-state index contributed by atoms with van der Waals surface area (Å²) in [6.07, 6.45) is 1.84. The first kappa shape index (κ1) is 14.8. The average Bonchev–Trinajstić information content (AvgIpc) is 2.44. The first-order valence-corrected chi connectivity index (χ1v) is 7.11. The summed E-state index contributed by atoms with van der Waals surface area (Å²) in [5, 5.41) is 4.00. The molecule has 1 unspecified atom stereocenters. The predicted octanol–water partition coefficient (Wildman–Crippen LogP) is 4.51. The SMILES string of the molecule is CCNC(C)c1ccc(Oc2cc(Cl)ccc2C)nc1. The molecule has 0 saturated heterocycles. The van der Waals surface area contributed by atoms with Crippen molar-refractivity contribution < 1.29 is 4.74 Å². The molecule has 0 radical (unpaired) electrons. The molecule has 1 aromatic heterocycles. The summed E-state index contributed by atoms with van der Waals surface area (Å²) >= 11 is 5.98. The highest BCUT2D eigenvalue weighted by Gasteiger charge is 2.06. The van der Waals surface area contributed by atoms with Gasteiger partial charge in [-0.25, -0.2) is 4.98 Å². The lowest BCUT2D eigenvalue weighted by molar-refractivity contribution is 0.458. The number of benzene rings is 1. The molecular weight excluding hydrogens is 272 g/mol. The van der Waals surface area contributed by atoms with Crippen molar-refractivity contribution in [3.63, 3.8) is 0 Å². The second-order valence-electron chi connectivity index (χ2n) is 4.72. The van der Waals surface area contributed by atoms with Crippen molar-refractivity contribution in [2.24, 2.45) is 0 Å². The van der Waals surface area contributed by atoms with Crippen molar-refractivity contribution in [1.29, 1.82) is 0 Å². The van der Waals surface area contributed by atoms with Crippen LogP contribution >= 0.6 is 11.6 Å². The number of aromatic nitrogens is 1. The maximum absolute atomic E-state index is 5.98. The van der Waals surface area contributed by atoms with Crippen molar-refractivity contribution >= 4 is 11.6 Å². The van der Waals surface area contributed by atoms with E-state index in [1.54, 1.807) is 6.07 Å². The molecule has 2 rings (SSSR count). The lowest BCUT2D eigenvalue weighted by atomic mass is 10.1. The highest BCUT2D eigenvalue weighted by molar-refractivity contribution is 6.30. The largest absolute Gasteiger partial charge is 0.439 e. The van der Waals surface area contributed by atoms with Gasteiger partial charge in [0, 0.05) is 23.3 Å². The van der Waals surface area contributed by atoms with E-state index in [1.807, 2.05) is 37.4 Å². The summed E-state index contributed by atoms with van der Waals surface area (Å²) in [6.45, 7) is 7.11. The molecule has 1 heterocycles. The molecule has 20 heavy (non-hydrogen) atoms. The number of pyridine rings is 1. The number of halogens is 1. The van der Waals surface area contributed by atoms with Crippen LogP contribution in [0.5, 0.6) is 11.6 Å². The zero-order valence-corrected chi connectivity index (χ0v) is 12.7. The molecule has 1 N–H and O–H groups in total. The minimum absolute atomic E-state index is 0.287. The van der Waals surface area contributed by atoms with Gasteiger partial charge in [0.15, 0.2) is 0 Å². The molecule has 1 aromatic carbocycles. The third kappa shape index (κ3) is 3.71. The fraction of sp³-hybridized carbons (Fsp3) is 0.312. The molecule has 0 bridgehead atoms. The predicted molar refractivity (Wildman–Crippen MR) is 82.6 cm³/mol. The lowest BCUT2D eigenvalue weighted by Crippen LogP contribution is -2.17. The van der Waals surface area contributed by atoms with Crippen LogP contribution in [0.4, 0.5) is 0 Å². The van der Waals surface area contributed by atoms with Crippen molar-refractivity contribution in [1.82, 2.24) is 10.3 Å². The molecule has 0 fully saturated rings. The Bertz CT molecular complexity index is 569. The van der Waals surface area contributed by atoms with Crippen LogP contribution in [0.1, 0.15) is 31.0 Å². The molecule has 0 saturated carbocycles. The van der Waals surface area contributed by atoms with Crippen LogP contribution in [-0.4, -0.2) is 11.5 Å². The van der Waals surface area contributed by atoms with Crippen molar-refractivity contribution in [2.75, 3.05) is 6.54 Å². The Kier molecular flexibility index (Phi) is 4.99. The average molecular weight is 291 g/mol. The van der Waals surface area contributed by atoms with Gasteiger partial charge >= 0.3 is 0 Å². The number of nitrogens with zero attached hydrogens (tertiary/aromatic N) is 1. The molecule has 2 aromatic rings. The lowest BCUT2D eigenvalue weighted by Gasteiger charge is -2.13. The number of ether oxygens (including phenoxy) is 1. The van der Waals surface area contributed by atoms with E-state index in [0.717, 1.165) is 23.4 Å². The Balaban J connectivity index is 2.12. The summed E-state index contributed by atoms with van der Waals surface area (Å²) < 4.78 is 5.77. The third-order valence-electron chi connectivity index (χ3n) is 3.13. The van der Waals surface area contributed by atoms with Gasteiger partial charge in [-0.2, -0.15) is 0 Å². The van der Waals surface area contributed by atoms with E-state index in [4.69, 9.17) is 16.3 Å². The molecule has 0 amide bonds. The molecule has 3 nitrogen and oxygen atoms in total. The number of hydrogen-bond acceptors (Lipinski definition) is 3. The van der Waals surface area contributed by atoms with E-state index in [9.17, 15) is 0 Å². The summed E-state index contributed by atoms with van der Waals surface area (Å²) in [5.41, 5.74) is 2.17. The van der Waals surface area contributed by atoms with E-state index in [-0.39, 0.29) is 6.04 Å². The van der Waals surface area contributed by atoms with Gasteiger partial charge in [-0.3, -0.25) is 0 Å². The van der Waals surface area contributed by atoms with Crippen LogP contribution in [-0.2, 0) is 0 Å². The molecule has 4 heteroatoms. The van der Waals surface area contributed by atoms with Gasteiger partial charge < -0.3 is 10.1 Å². The second kappa shape index (κ2) is 6.73. The zero-order chi connectivity index (χ0) is 14.5. The number of hydrogen-bond donors (Lipinski definition) is 1. The summed E-state index contributed by atoms with van der Waals surface area (Å²) in [4.78, 5) is 4.34. The molecule has 106 valence electrons. The summed E-state index contributed by atoms with van der Waals surface area (Å²) in [6, 6.07) is 9.76. The summed E-state index contributed by atoms with van der Waals surface area (Å²) in [7, 11) is 0. The smallest absolute Gasteiger partial charge is 0.219 e. The molecule has 0 aliphatic rings. The Morgan fingerprint density at radius 2 is 2.10 bits per heavy atom. The second-order valence-corrected chi connectivity index (χ2v) is 5.16. The van der Waals surface area contributed by atoms with Crippen LogP contribution in [0.2, 0.25) is 5.02 Å². The third-order valence-corrected chi connectivity index (χ3v) is 3.37. The van der Waals surface area contributed by atoms with E-state index in [0.29, 0.717) is 10.9 Å². The van der Waals surface area contributed by atoms with Gasteiger partial charge in [-0.15, -0.1) is 0 Å². The molecule has 1 atom stereocenters. The standard InChI is InChI=1S/C16H19ClN2O/c1-4-18-12(3)13-6-8-16(19-10-13)20-15-9-14(17)7-5-11(15)2/h5-10,12,18H,4H2,1-3H3. The van der Waals surface area contributed by atoms with Crippen molar-refractivity contribution in [2.45, 2.75) is 26.8 Å². The van der Waals surface area contributed by atoms with Gasteiger partial charge in [-0.1, -0.05) is 30.7 Å². The minimum atomic E-state index is 0.287. The fourth-order valence-electron chi connectivity index (χ4n) is 1.93. The maximum Gasteiger partial charge on any atom is 0.219 e. The number of nitrogens with one attached hydrogen (secondary N) is 1. The van der Waals surface area contributed by atoms with Gasteiger partial charge in [0.25, 0.3) is 0 Å². The van der Waals surface area contributed by atoms with Crippen LogP contribution in [0.3, 0.4) is 0 Å². The Morgan fingerprint density at radius 1 is 1.30 bits per heavy atom. The molecule has 0 aliphatic heterocycles. The van der Waals surface area contributed by atoms with Crippen molar-refractivity contribution in [3.8, 4) is 11.6 Å². The van der Waals surface area contributed by atoms with Gasteiger partial charge in [-0.05, 0) is 43.7 Å². The minimum Gasteiger partial charge on any atom is -0.439 e. The van der Waals surface area contributed by atoms with Gasteiger partial charge in [0.1, 0.15) is 5.75 Å². The quantitative estimate of drug-likeness (QED) is 0.880. The van der Waals surface area contributed by atoms with Crippen LogP contribution in [0.25, 0.3) is 0 Å². The van der Waals surface area contributed by atoms with Crippen LogP contribution in [0.15, 0.2) is 36.5 Å². The normalized spacial score (nSPS) is 12.2. The van der Waals surface area contributed by atoms with Gasteiger partial charge in [0.05, 0.1) is 0 Å². The van der Waals surface area contributed by atoms with E-state index >= 15 is 0 Å². The molecule has 0 spiro atoms. The Hall–Kier alpha value is -1.58. The molecule has 0 aliphatic carbocycles. The number of rotatable bonds is 5. The monoisotopic (exact) mass is 290 g/mol. The van der Waals surface area contributed by atoms with E-state index < -0.39 is 0 Å². The highest BCUT2D eigenvalue weighted by atomic mass is 35.5. The number of aryl methyl sites for hydroxylation is 1. The van der Waals surface area contributed by atoms with Crippen LogP contribution in [0, 0.1) is 6.92 Å². The van der Waals surface area contributed by atoms with Gasteiger partial charge in [0.2, 0.25) is 5.88 Å². The summed E-state index contributed by atoms with van der Waals surface area (Å²) in [5.74, 6) is 1.31. The van der Waals surface area contributed by atoms with Crippen molar-refractivity contribution in [3.05, 3.63) is 52.7 Å². The first-order chi connectivity index (χ1) is 9.60.